The summed E-state index contributed by atoms with van der Waals surface area (Å²) in [5.74, 6) is -0.524. The molecule has 0 aromatic heterocycles. The highest BCUT2D eigenvalue weighted by molar-refractivity contribution is 6.00. The summed E-state index contributed by atoms with van der Waals surface area (Å²) in [6.45, 7) is 3.39. The zero-order chi connectivity index (χ0) is 13.4. The molecule has 0 bridgehead atoms. The minimum absolute atomic E-state index is 0.524. The van der Waals surface area contributed by atoms with Crippen LogP contribution >= 0.6 is 0 Å². The van der Waals surface area contributed by atoms with Crippen LogP contribution in [0, 0.1) is 0 Å². The van der Waals surface area contributed by atoms with Gasteiger partial charge in [-0.1, -0.05) is 43.0 Å². The average molecular weight is 251 g/mol. The van der Waals surface area contributed by atoms with Gasteiger partial charge < -0.3 is 0 Å². The molecule has 0 saturated carbocycles. The van der Waals surface area contributed by atoms with Crippen molar-refractivity contribution in [3.05, 3.63) is 66.2 Å². The van der Waals surface area contributed by atoms with Crippen molar-refractivity contribution in [2.45, 2.75) is 6.42 Å². The third-order valence-corrected chi connectivity index (χ3v) is 3.44. The lowest BCUT2D eigenvalue weighted by Crippen LogP contribution is -2.25. The summed E-state index contributed by atoms with van der Waals surface area (Å²) in [6, 6.07) is 13.7. The first-order valence-electron chi connectivity index (χ1n) is 6.08. The molecular weight excluding hydrogens is 238 g/mol. The molecule has 0 spiro atoms. The molecule has 1 aliphatic rings. The van der Waals surface area contributed by atoms with Crippen LogP contribution in [0.1, 0.15) is 11.1 Å². The van der Waals surface area contributed by atoms with E-state index in [9.17, 15) is 10.0 Å². The maximum atomic E-state index is 11.5. The molecule has 2 aromatic carbocycles. The Hall–Kier alpha value is -2.39. The van der Waals surface area contributed by atoms with Gasteiger partial charge >= 0.3 is 0 Å². The Balaban J connectivity index is 2.13. The summed E-state index contributed by atoms with van der Waals surface area (Å²) < 4.78 is 0. The number of hydrogen-bond donors (Lipinski definition) is 1. The predicted octanol–water partition coefficient (Wildman–Crippen LogP) is 3.17. The van der Waals surface area contributed by atoms with Gasteiger partial charge in [-0.15, -0.1) is 0 Å². The van der Waals surface area contributed by atoms with E-state index in [1.165, 1.54) is 11.1 Å². The molecule has 3 rings (SSSR count). The fourth-order valence-electron chi connectivity index (χ4n) is 2.54. The van der Waals surface area contributed by atoms with Gasteiger partial charge in [-0.2, -0.15) is 5.06 Å². The molecule has 0 radical (unpaired) electrons. The first-order valence-corrected chi connectivity index (χ1v) is 6.08. The van der Waals surface area contributed by atoms with E-state index >= 15 is 0 Å². The zero-order valence-corrected chi connectivity index (χ0v) is 10.3. The first kappa shape index (κ1) is 11.7. The fourth-order valence-corrected chi connectivity index (χ4v) is 2.54. The number of amides is 1. The number of fused-ring (bicyclic) bond motifs is 3. The van der Waals surface area contributed by atoms with E-state index < -0.39 is 5.91 Å². The Morgan fingerprint density at radius 3 is 2.68 bits per heavy atom. The van der Waals surface area contributed by atoms with Crippen LogP contribution in [0.3, 0.4) is 0 Å². The molecule has 2 aromatic rings. The molecule has 0 atom stereocenters. The van der Waals surface area contributed by atoms with Crippen LogP contribution < -0.4 is 5.06 Å². The van der Waals surface area contributed by atoms with Crippen LogP contribution in [0.15, 0.2) is 55.1 Å². The van der Waals surface area contributed by atoms with Gasteiger partial charge in [0.15, 0.2) is 0 Å². The number of nitrogens with zero attached hydrogens (tertiary/aromatic N) is 1. The van der Waals surface area contributed by atoms with Crippen molar-refractivity contribution >= 4 is 11.6 Å². The van der Waals surface area contributed by atoms with Gasteiger partial charge in [-0.05, 0) is 34.4 Å². The summed E-state index contributed by atoms with van der Waals surface area (Å²) in [5, 5.41) is 10.6. The number of hydroxylamine groups is 1. The standard InChI is InChI=1S/C16H13NO2/c1-2-16(18)17(19)15-9-5-8-13-12-7-4-3-6-11(12)10-14(13)15/h2-9,19H,1,10H2. The van der Waals surface area contributed by atoms with E-state index in [0.29, 0.717) is 10.8 Å². The molecule has 1 amide bonds. The first-order chi connectivity index (χ1) is 9.22. The van der Waals surface area contributed by atoms with E-state index in [4.69, 9.17) is 0 Å². The van der Waals surface area contributed by atoms with Crippen molar-refractivity contribution in [3.8, 4) is 11.1 Å². The number of benzene rings is 2. The Labute approximate surface area is 111 Å². The summed E-state index contributed by atoms with van der Waals surface area (Å²) in [6.07, 6.45) is 1.82. The van der Waals surface area contributed by atoms with Gasteiger partial charge in [0.25, 0.3) is 5.91 Å². The molecule has 3 nitrogen and oxygen atoms in total. The maximum absolute atomic E-state index is 11.5. The van der Waals surface area contributed by atoms with Crippen molar-refractivity contribution in [1.82, 2.24) is 0 Å². The topological polar surface area (TPSA) is 40.5 Å². The summed E-state index contributed by atoms with van der Waals surface area (Å²) in [4.78, 5) is 11.5. The molecule has 1 N–H and O–H groups in total. The van der Waals surface area contributed by atoms with Gasteiger partial charge in [0.2, 0.25) is 0 Å². The van der Waals surface area contributed by atoms with Gasteiger partial charge in [-0.25, -0.2) is 0 Å². The van der Waals surface area contributed by atoms with Gasteiger partial charge in [0, 0.05) is 6.42 Å². The van der Waals surface area contributed by atoms with Gasteiger partial charge in [0.1, 0.15) is 0 Å². The fraction of sp³-hybridized carbons (Fsp3) is 0.0625. The van der Waals surface area contributed by atoms with Gasteiger partial charge in [-0.3, -0.25) is 10.0 Å². The lowest BCUT2D eigenvalue weighted by Gasteiger charge is -2.16. The normalized spacial score (nSPS) is 11.6. The van der Waals surface area contributed by atoms with E-state index in [2.05, 4.69) is 18.7 Å². The van der Waals surface area contributed by atoms with E-state index in [1.807, 2.05) is 24.3 Å². The van der Waals surface area contributed by atoms with Crippen molar-refractivity contribution in [3.63, 3.8) is 0 Å². The molecular formula is C16H13NO2. The third kappa shape index (κ3) is 1.75. The quantitative estimate of drug-likeness (QED) is 0.432. The molecule has 0 saturated heterocycles. The maximum Gasteiger partial charge on any atom is 0.274 e. The molecule has 3 heteroatoms. The monoisotopic (exact) mass is 251 g/mol. The molecule has 0 heterocycles. The smallest absolute Gasteiger partial charge is 0.274 e. The Bertz CT molecular complexity index is 676. The van der Waals surface area contributed by atoms with Crippen LogP contribution in [0.25, 0.3) is 11.1 Å². The largest absolute Gasteiger partial charge is 0.281 e. The number of carbonyl (C=O) groups is 1. The minimum atomic E-state index is -0.524. The SMILES string of the molecule is C=CC(=O)N(O)c1cccc2c1Cc1ccccc1-2. The Morgan fingerprint density at radius 2 is 1.89 bits per heavy atom. The average Bonchev–Trinajstić information content (AvgIpc) is 2.84. The van der Waals surface area contributed by atoms with Crippen molar-refractivity contribution in [2.75, 3.05) is 5.06 Å². The number of hydrogen-bond acceptors (Lipinski definition) is 2. The van der Waals surface area contributed by atoms with Crippen LogP contribution in [-0.2, 0) is 11.2 Å². The van der Waals surface area contributed by atoms with E-state index in [0.717, 1.165) is 23.6 Å². The lowest BCUT2D eigenvalue weighted by molar-refractivity contribution is -0.118. The second-order valence-corrected chi connectivity index (χ2v) is 4.49. The molecule has 1 aliphatic carbocycles. The number of rotatable bonds is 2. The second-order valence-electron chi connectivity index (χ2n) is 4.49. The van der Waals surface area contributed by atoms with E-state index in [-0.39, 0.29) is 0 Å². The second kappa shape index (κ2) is 4.37. The highest BCUT2D eigenvalue weighted by Crippen LogP contribution is 2.40. The summed E-state index contributed by atoms with van der Waals surface area (Å²) in [7, 11) is 0. The van der Waals surface area contributed by atoms with Crippen molar-refractivity contribution < 1.29 is 10.0 Å². The van der Waals surface area contributed by atoms with E-state index in [1.54, 1.807) is 6.07 Å². The predicted molar refractivity (Wildman–Crippen MR) is 74.2 cm³/mol. The van der Waals surface area contributed by atoms with Crippen LogP contribution in [0.2, 0.25) is 0 Å². The van der Waals surface area contributed by atoms with Gasteiger partial charge in [0.05, 0.1) is 5.69 Å². The zero-order valence-electron chi connectivity index (χ0n) is 10.3. The van der Waals surface area contributed by atoms with Crippen LogP contribution in [0.5, 0.6) is 0 Å². The summed E-state index contributed by atoms with van der Waals surface area (Å²) >= 11 is 0. The molecule has 0 aliphatic heterocycles. The minimum Gasteiger partial charge on any atom is -0.281 e. The Morgan fingerprint density at radius 1 is 1.16 bits per heavy atom. The van der Waals surface area contributed by atoms with Crippen molar-refractivity contribution in [2.24, 2.45) is 0 Å². The lowest BCUT2D eigenvalue weighted by atomic mass is 10.0. The number of anilines is 1. The molecule has 19 heavy (non-hydrogen) atoms. The molecule has 0 fully saturated rings. The number of carbonyl (C=O) groups excluding carboxylic acids is 1. The van der Waals surface area contributed by atoms with Crippen LogP contribution in [-0.4, -0.2) is 11.1 Å². The third-order valence-electron chi connectivity index (χ3n) is 3.44. The highest BCUT2D eigenvalue weighted by Gasteiger charge is 2.23. The summed E-state index contributed by atoms with van der Waals surface area (Å²) in [5.41, 5.74) is 4.95. The van der Waals surface area contributed by atoms with Crippen molar-refractivity contribution in [1.29, 1.82) is 0 Å². The Kier molecular flexibility index (Phi) is 2.69. The molecule has 0 unspecified atom stereocenters. The highest BCUT2D eigenvalue weighted by atomic mass is 16.5. The molecule has 94 valence electrons. The van der Waals surface area contributed by atoms with Crippen LogP contribution in [0.4, 0.5) is 5.69 Å².